The van der Waals surface area contributed by atoms with Gasteiger partial charge in [0.25, 0.3) is 0 Å². The maximum absolute atomic E-state index is 12.7. The highest BCUT2D eigenvalue weighted by molar-refractivity contribution is 6.01. The van der Waals surface area contributed by atoms with Gasteiger partial charge in [0.15, 0.2) is 0 Å². The number of anilines is 1. The number of methoxy groups -OCH3 is 1. The lowest BCUT2D eigenvalue weighted by molar-refractivity contribution is -0.135. The van der Waals surface area contributed by atoms with E-state index in [9.17, 15) is 9.59 Å². The Kier molecular flexibility index (Phi) is 6.45. The summed E-state index contributed by atoms with van der Waals surface area (Å²) in [6.45, 7) is 3.69. The molecule has 24 heavy (non-hydrogen) atoms. The van der Waals surface area contributed by atoms with Crippen LogP contribution < -0.4 is 15.0 Å². The van der Waals surface area contributed by atoms with Gasteiger partial charge in [-0.25, -0.2) is 0 Å². The molecule has 3 rings (SSSR count). The summed E-state index contributed by atoms with van der Waals surface area (Å²) in [5.74, 6) is 0.485. The molecule has 2 aliphatic rings. The molecular weight excluding hydrogens is 330 g/mol. The molecule has 0 saturated carbocycles. The Morgan fingerprint density at radius 3 is 2.83 bits per heavy atom. The number of halogens is 1. The minimum Gasteiger partial charge on any atom is -0.495 e. The normalized spacial score (nSPS) is 21.2. The van der Waals surface area contributed by atoms with Crippen molar-refractivity contribution in [3.05, 3.63) is 24.3 Å². The Morgan fingerprint density at radius 2 is 2.04 bits per heavy atom. The molecule has 2 aliphatic heterocycles. The van der Waals surface area contributed by atoms with Crippen LogP contribution in [0.2, 0.25) is 0 Å². The molecule has 0 bridgehead atoms. The van der Waals surface area contributed by atoms with Crippen LogP contribution in [0.3, 0.4) is 0 Å². The molecule has 2 saturated heterocycles. The molecule has 1 unspecified atom stereocenters. The molecule has 0 aliphatic carbocycles. The SMILES string of the molecule is COc1ccccc1N1CC(C(=O)N2CCCNCC2)CC1=O.Cl. The van der Waals surface area contributed by atoms with E-state index in [2.05, 4.69) is 5.32 Å². The summed E-state index contributed by atoms with van der Waals surface area (Å²) in [6.07, 6.45) is 1.24. The molecule has 2 fully saturated rings. The maximum Gasteiger partial charge on any atom is 0.228 e. The number of carbonyl (C=O) groups excluding carboxylic acids is 2. The topological polar surface area (TPSA) is 61.9 Å². The van der Waals surface area contributed by atoms with Crippen molar-refractivity contribution in [3.8, 4) is 5.75 Å². The predicted molar refractivity (Wildman–Crippen MR) is 94.8 cm³/mol. The van der Waals surface area contributed by atoms with Gasteiger partial charge in [0, 0.05) is 32.6 Å². The number of benzene rings is 1. The van der Waals surface area contributed by atoms with Crippen LogP contribution in [0.4, 0.5) is 5.69 Å². The van der Waals surface area contributed by atoms with E-state index in [0.29, 0.717) is 12.3 Å². The standard InChI is InChI=1S/C17H23N3O3.ClH/c1-23-15-6-3-2-5-14(15)20-12-13(11-16(20)21)17(22)19-9-4-7-18-8-10-19;/h2-3,5-6,13,18H,4,7-12H2,1H3;1H. The third-order valence-electron chi connectivity index (χ3n) is 4.50. The van der Waals surface area contributed by atoms with E-state index in [0.717, 1.165) is 38.3 Å². The van der Waals surface area contributed by atoms with Gasteiger partial charge in [0.05, 0.1) is 18.7 Å². The summed E-state index contributed by atoms with van der Waals surface area (Å²) >= 11 is 0. The summed E-state index contributed by atoms with van der Waals surface area (Å²) in [6, 6.07) is 7.44. The average molecular weight is 354 g/mol. The molecule has 0 radical (unpaired) electrons. The highest BCUT2D eigenvalue weighted by Gasteiger charge is 2.38. The number of rotatable bonds is 3. The molecule has 2 amide bonds. The van der Waals surface area contributed by atoms with Crippen LogP contribution in [0.15, 0.2) is 24.3 Å². The van der Waals surface area contributed by atoms with Crippen LogP contribution in [0.1, 0.15) is 12.8 Å². The number of para-hydroxylation sites is 2. The first-order valence-corrected chi connectivity index (χ1v) is 8.13. The van der Waals surface area contributed by atoms with Crippen molar-refractivity contribution >= 4 is 29.9 Å². The summed E-state index contributed by atoms with van der Waals surface area (Å²) in [4.78, 5) is 28.7. The van der Waals surface area contributed by atoms with Crippen molar-refractivity contribution in [1.29, 1.82) is 0 Å². The lowest BCUT2D eigenvalue weighted by atomic mass is 10.1. The number of hydrogen-bond donors (Lipinski definition) is 1. The molecular formula is C17H24ClN3O3. The van der Waals surface area contributed by atoms with E-state index < -0.39 is 0 Å². The zero-order chi connectivity index (χ0) is 16.2. The number of carbonyl (C=O) groups is 2. The third-order valence-corrected chi connectivity index (χ3v) is 4.50. The molecule has 1 atom stereocenters. The number of amides is 2. The number of ether oxygens (including phenoxy) is 1. The molecule has 1 N–H and O–H groups in total. The number of nitrogens with zero attached hydrogens (tertiary/aromatic N) is 2. The second kappa shape index (κ2) is 8.35. The Labute approximate surface area is 148 Å². The first-order chi connectivity index (χ1) is 11.2. The molecule has 1 aromatic rings. The molecule has 0 spiro atoms. The second-order valence-corrected chi connectivity index (χ2v) is 6.01. The molecule has 6 nitrogen and oxygen atoms in total. The zero-order valence-corrected chi connectivity index (χ0v) is 14.7. The van der Waals surface area contributed by atoms with Gasteiger partial charge in [0.2, 0.25) is 11.8 Å². The molecule has 2 heterocycles. The van der Waals surface area contributed by atoms with Crippen molar-refractivity contribution in [2.75, 3.05) is 44.7 Å². The van der Waals surface area contributed by atoms with Gasteiger partial charge in [-0.3, -0.25) is 9.59 Å². The van der Waals surface area contributed by atoms with Crippen molar-refractivity contribution in [1.82, 2.24) is 10.2 Å². The fourth-order valence-electron chi connectivity index (χ4n) is 3.28. The van der Waals surface area contributed by atoms with E-state index >= 15 is 0 Å². The fraction of sp³-hybridized carbons (Fsp3) is 0.529. The largest absolute Gasteiger partial charge is 0.495 e. The van der Waals surface area contributed by atoms with Gasteiger partial charge in [-0.15, -0.1) is 12.4 Å². The number of hydrogen-bond acceptors (Lipinski definition) is 4. The predicted octanol–water partition coefficient (Wildman–Crippen LogP) is 1.29. The zero-order valence-electron chi connectivity index (χ0n) is 13.9. The van der Waals surface area contributed by atoms with Crippen LogP contribution >= 0.6 is 12.4 Å². The van der Waals surface area contributed by atoms with Crippen LogP contribution in [0.25, 0.3) is 0 Å². The monoisotopic (exact) mass is 353 g/mol. The lowest BCUT2D eigenvalue weighted by Gasteiger charge is -2.24. The van der Waals surface area contributed by atoms with Crippen LogP contribution in [-0.2, 0) is 9.59 Å². The first kappa shape index (κ1) is 18.5. The van der Waals surface area contributed by atoms with Gasteiger partial charge in [0.1, 0.15) is 5.75 Å². The number of nitrogens with one attached hydrogen (secondary N) is 1. The van der Waals surface area contributed by atoms with E-state index in [1.807, 2.05) is 29.2 Å². The van der Waals surface area contributed by atoms with Gasteiger partial charge in [-0.05, 0) is 25.1 Å². The fourth-order valence-corrected chi connectivity index (χ4v) is 3.28. The Hall–Kier alpha value is -1.79. The highest BCUT2D eigenvalue weighted by Crippen LogP contribution is 2.33. The summed E-state index contributed by atoms with van der Waals surface area (Å²) in [5.41, 5.74) is 0.743. The first-order valence-electron chi connectivity index (χ1n) is 8.13. The maximum atomic E-state index is 12.7. The van der Waals surface area contributed by atoms with Crippen LogP contribution in [-0.4, -0.2) is 56.5 Å². The minimum atomic E-state index is -0.259. The lowest BCUT2D eigenvalue weighted by Crippen LogP contribution is -2.39. The summed E-state index contributed by atoms with van der Waals surface area (Å²) in [5, 5.41) is 3.29. The third kappa shape index (κ3) is 3.82. The molecule has 1 aromatic carbocycles. The summed E-state index contributed by atoms with van der Waals surface area (Å²) < 4.78 is 5.34. The van der Waals surface area contributed by atoms with Crippen molar-refractivity contribution in [2.45, 2.75) is 12.8 Å². The van der Waals surface area contributed by atoms with Gasteiger partial charge >= 0.3 is 0 Å². The smallest absolute Gasteiger partial charge is 0.228 e. The Morgan fingerprint density at radius 1 is 1.25 bits per heavy atom. The molecule has 132 valence electrons. The van der Waals surface area contributed by atoms with Crippen LogP contribution in [0.5, 0.6) is 5.75 Å². The van der Waals surface area contributed by atoms with E-state index in [1.165, 1.54) is 0 Å². The quantitative estimate of drug-likeness (QED) is 0.889. The van der Waals surface area contributed by atoms with Gasteiger partial charge < -0.3 is 19.9 Å². The van der Waals surface area contributed by atoms with Gasteiger partial charge in [-0.1, -0.05) is 12.1 Å². The summed E-state index contributed by atoms with van der Waals surface area (Å²) in [7, 11) is 1.59. The molecule has 0 aromatic heterocycles. The second-order valence-electron chi connectivity index (χ2n) is 6.01. The molecule has 7 heteroatoms. The average Bonchev–Trinajstić information content (AvgIpc) is 2.78. The van der Waals surface area contributed by atoms with Crippen molar-refractivity contribution in [3.63, 3.8) is 0 Å². The van der Waals surface area contributed by atoms with E-state index in [-0.39, 0.29) is 36.6 Å². The van der Waals surface area contributed by atoms with E-state index in [4.69, 9.17) is 4.74 Å². The highest BCUT2D eigenvalue weighted by atomic mass is 35.5. The van der Waals surface area contributed by atoms with E-state index in [1.54, 1.807) is 12.0 Å². The van der Waals surface area contributed by atoms with Crippen molar-refractivity contribution < 1.29 is 14.3 Å². The van der Waals surface area contributed by atoms with Crippen molar-refractivity contribution in [2.24, 2.45) is 5.92 Å². The Balaban J connectivity index is 0.00000208. The van der Waals surface area contributed by atoms with Gasteiger partial charge in [-0.2, -0.15) is 0 Å². The minimum absolute atomic E-state index is 0. The van der Waals surface area contributed by atoms with Crippen LogP contribution in [0, 0.1) is 5.92 Å². The Bertz CT molecular complexity index is 588.